The number of aromatic nitrogens is 2. The van der Waals surface area contributed by atoms with Crippen molar-refractivity contribution in [3.05, 3.63) is 23.5 Å². The van der Waals surface area contributed by atoms with Crippen LogP contribution < -0.4 is 0 Å². The molecule has 1 aromatic rings. The highest BCUT2D eigenvalue weighted by Crippen LogP contribution is 2.30. The molecule has 1 aromatic heterocycles. The summed E-state index contributed by atoms with van der Waals surface area (Å²) in [6, 6.07) is 0. The summed E-state index contributed by atoms with van der Waals surface area (Å²) in [5.74, 6) is -1.34. The lowest BCUT2D eigenvalue weighted by Crippen LogP contribution is -2.14. The zero-order chi connectivity index (χ0) is 12.9. The van der Waals surface area contributed by atoms with E-state index in [0.717, 1.165) is 25.6 Å². The van der Waals surface area contributed by atoms with E-state index in [-0.39, 0.29) is 12.1 Å². The van der Waals surface area contributed by atoms with Crippen LogP contribution in [0.4, 0.5) is 17.6 Å². The molecule has 0 bridgehead atoms. The number of unbranched alkanes of at least 4 members (excludes halogenated alkanes) is 3. The van der Waals surface area contributed by atoms with Crippen molar-refractivity contribution in [2.75, 3.05) is 0 Å². The van der Waals surface area contributed by atoms with Gasteiger partial charge in [-0.25, -0.2) is 14.4 Å². The number of hydrogen-bond acceptors (Lipinski definition) is 2. The summed E-state index contributed by atoms with van der Waals surface area (Å²) in [5, 5.41) is 0. The Kier molecular flexibility index (Phi) is 4.84. The Balaban J connectivity index is 2.74. The second-order valence-corrected chi connectivity index (χ2v) is 3.79. The molecule has 0 spiro atoms. The molecule has 0 aliphatic heterocycles. The molecule has 0 saturated heterocycles. The van der Waals surface area contributed by atoms with Crippen molar-refractivity contribution in [3.63, 3.8) is 0 Å². The standard InChI is InChI=1S/C11H14F4N2/c1-2-3-4-5-6-8-9(12)10(11(13,14)15)17-7-16-8/h7H,2-6H2,1H3. The molecule has 96 valence electrons. The maximum atomic E-state index is 13.4. The molecular weight excluding hydrogens is 236 g/mol. The zero-order valence-corrected chi connectivity index (χ0v) is 9.52. The van der Waals surface area contributed by atoms with E-state index in [1.165, 1.54) is 0 Å². The van der Waals surface area contributed by atoms with Gasteiger partial charge in [-0.3, -0.25) is 0 Å². The average Bonchev–Trinajstić information content (AvgIpc) is 2.25. The Morgan fingerprint density at radius 1 is 1.12 bits per heavy atom. The van der Waals surface area contributed by atoms with Crippen LogP contribution in [0.5, 0.6) is 0 Å². The van der Waals surface area contributed by atoms with E-state index in [1.807, 2.05) is 6.92 Å². The molecule has 1 heterocycles. The molecule has 0 aliphatic rings. The van der Waals surface area contributed by atoms with Crippen LogP contribution in [-0.2, 0) is 12.6 Å². The molecule has 6 heteroatoms. The molecule has 0 unspecified atom stereocenters. The summed E-state index contributed by atoms with van der Waals surface area (Å²) < 4.78 is 50.5. The summed E-state index contributed by atoms with van der Waals surface area (Å²) in [4.78, 5) is 6.51. The Hall–Kier alpha value is -1.20. The van der Waals surface area contributed by atoms with Gasteiger partial charge < -0.3 is 0 Å². The third-order valence-corrected chi connectivity index (χ3v) is 2.40. The van der Waals surface area contributed by atoms with Gasteiger partial charge in [0.25, 0.3) is 0 Å². The first-order chi connectivity index (χ1) is 7.96. The normalized spacial score (nSPS) is 11.8. The van der Waals surface area contributed by atoms with Gasteiger partial charge in [-0.05, 0) is 12.8 Å². The number of rotatable bonds is 5. The lowest BCUT2D eigenvalue weighted by Gasteiger charge is -2.08. The van der Waals surface area contributed by atoms with Crippen molar-refractivity contribution in [1.82, 2.24) is 9.97 Å². The Morgan fingerprint density at radius 2 is 1.82 bits per heavy atom. The van der Waals surface area contributed by atoms with Crippen LogP contribution in [0.2, 0.25) is 0 Å². The van der Waals surface area contributed by atoms with Gasteiger partial charge in [0.05, 0.1) is 5.69 Å². The van der Waals surface area contributed by atoms with Gasteiger partial charge in [-0.1, -0.05) is 26.2 Å². The molecule has 2 nitrogen and oxygen atoms in total. The van der Waals surface area contributed by atoms with E-state index >= 15 is 0 Å². The van der Waals surface area contributed by atoms with E-state index in [2.05, 4.69) is 9.97 Å². The van der Waals surface area contributed by atoms with Crippen LogP contribution in [0.1, 0.15) is 44.0 Å². The summed E-state index contributed by atoms with van der Waals surface area (Å²) in [7, 11) is 0. The summed E-state index contributed by atoms with van der Waals surface area (Å²) >= 11 is 0. The molecule has 0 radical (unpaired) electrons. The van der Waals surface area contributed by atoms with Crippen LogP contribution in [-0.4, -0.2) is 9.97 Å². The Morgan fingerprint density at radius 3 is 2.41 bits per heavy atom. The van der Waals surface area contributed by atoms with Crippen molar-refractivity contribution in [2.24, 2.45) is 0 Å². The van der Waals surface area contributed by atoms with Gasteiger partial charge >= 0.3 is 6.18 Å². The van der Waals surface area contributed by atoms with E-state index in [9.17, 15) is 17.6 Å². The minimum atomic E-state index is -4.76. The molecule has 0 atom stereocenters. The van der Waals surface area contributed by atoms with Gasteiger partial charge in [0.2, 0.25) is 0 Å². The first kappa shape index (κ1) is 13.9. The molecule has 0 saturated carbocycles. The molecule has 0 aromatic carbocycles. The van der Waals surface area contributed by atoms with E-state index in [1.54, 1.807) is 0 Å². The second-order valence-electron chi connectivity index (χ2n) is 3.79. The predicted octanol–water partition coefficient (Wildman–Crippen LogP) is 3.76. The monoisotopic (exact) mass is 250 g/mol. The number of aryl methyl sites for hydroxylation is 1. The van der Waals surface area contributed by atoms with Crippen LogP contribution in [0.25, 0.3) is 0 Å². The molecular formula is C11H14F4N2. The molecule has 17 heavy (non-hydrogen) atoms. The fourth-order valence-corrected chi connectivity index (χ4v) is 1.50. The van der Waals surface area contributed by atoms with Gasteiger partial charge in [0.1, 0.15) is 6.33 Å². The summed E-state index contributed by atoms with van der Waals surface area (Å²) in [6.45, 7) is 2.02. The fourth-order valence-electron chi connectivity index (χ4n) is 1.50. The third kappa shape index (κ3) is 3.94. The largest absolute Gasteiger partial charge is 0.436 e. The van der Waals surface area contributed by atoms with E-state index in [4.69, 9.17) is 0 Å². The number of halogens is 4. The maximum Gasteiger partial charge on any atom is 0.436 e. The Labute approximate surface area is 97.1 Å². The van der Waals surface area contributed by atoms with Crippen molar-refractivity contribution in [1.29, 1.82) is 0 Å². The molecule has 0 amide bonds. The van der Waals surface area contributed by atoms with Crippen LogP contribution in [0.3, 0.4) is 0 Å². The summed E-state index contributed by atoms with van der Waals surface area (Å²) in [6.07, 6.45) is -0.275. The van der Waals surface area contributed by atoms with Crippen molar-refractivity contribution >= 4 is 0 Å². The van der Waals surface area contributed by atoms with Crippen LogP contribution in [0.15, 0.2) is 6.33 Å². The predicted molar refractivity (Wildman–Crippen MR) is 54.8 cm³/mol. The van der Waals surface area contributed by atoms with Gasteiger partial charge in [0.15, 0.2) is 11.5 Å². The SMILES string of the molecule is CCCCCCc1ncnc(C(F)(F)F)c1F. The fraction of sp³-hybridized carbons (Fsp3) is 0.636. The zero-order valence-electron chi connectivity index (χ0n) is 9.52. The molecule has 0 fully saturated rings. The lowest BCUT2D eigenvalue weighted by atomic mass is 10.1. The van der Waals surface area contributed by atoms with Crippen LogP contribution in [0, 0.1) is 5.82 Å². The van der Waals surface area contributed by atoms with Crippen molar-refractivity contribution < 1.29 is 17.6 Å². The molecule has 0 N–H and O–H groups in total. The van der Waals surface area contributed by atoms with E-state index < -0.39 is 17.7 Å². The third-order valence-electron chi connectivity index (χ3n) is 2.40. The topological polar surface area (TPSA) is 25.8 Å². The van der Waals surface area contributed by atoms with Crippen molar-refractivity contribution in [3.8, 4) is 0 Å². The first-order valence-corrected chi connectivity index (χ1v) is 5.53. The smallest absolute Gasteiger partial charge is 0.238 e. The number of alkyl halides is 3. The van der Waals surface area contributed by atoms with Gasteiger partial charge in [-0.15, -0.1) is 0 Å². The van der Waals surface area contributed by atoms with E-state index in [0.29, 0.717) is 6.42 Å². The highest BCUT2D eigenvalue weighted by molar-refractivity contribution is 5.14. The maximum absolute atomic E-state index is 13.4. The van der Waals surface area contributed by atoms with Crippen LogP contribution >= 0.6 is 0 Å². The minimum absolute atomic E-state index is 0.150. The number of hydrogen-bond donors (Lipinski definition) is 0. The Bertz CT molecular complexity index is 363. The van der Waals surface area contributed by atoms with Crippen molar-refractivity contribution in [2.45, 2.75) is 45.2 Å². The van der Waals surface area contributed by atoms with Gasteiger partial charge in [0, 0.05) is 0 Å². The first-order valence-electron chi connectivity index (χ1n) is 5.53. The lowest BCUT2D eigenvalue weighted by molar-refractivity contribution is -0.143. The molecule has 0 aliphatic carbocycles. The number of nitrogens with zero attached hydrogens (tertiary/aromatic N) is 2. The quantitative estimate of drug-likeness (QED) is 0.587. The average molecular weight is 250 g/mol. The minimum Gasteiger partial charge on any atom is -0.238 e. The van der Waals surface area contributed by atoms with Gasteiger partial charge in [-0.2, -0.15) is 13.2 Å². The highest BCUT2D eigenvalue weighted by atomic mass is 19.4. The summed E-state index contributed by atoms with van der Waals surface area (Å²) in [5.41, 5.74) is -1.62. The highest BCUT2D eigenvalue weighted by Gasteiger charge is 2.37. The molecule has 1 rings (SSSR count). The second kappa shape index (κ2) is 5.93.